The van der Waals surface area contributed by atoms with Gasteiger partial charge in [-0.3, -0.25) is 19.1 Å². The summed E-state index contributed by atoms with van der Waals surface area (Å²) in [6.45, 7) is 2.04. The van der Waals surface area contributed by atoms with Gasteiger partial charge in [0.2, 0.25) is 27.7 Å². The number of halogens is 1. The average molecular weight is 732 g/mol. The molecule has 15 nitrogen and oxygen atoms in total. The summed E-state index contributed by atoms with van der Waals surface area (Å²) < 4.78 is 57.9. The van der Waals surface area contributed by atoms with Gasteiger partial charge in [0.25, 0.3) is 5.91 Å². The third kappa shape index (κ3) is 7.18. The number of carbonyl (C=O) groups excluding carboxylic acids is 3. The normalized spacial score (nSPS) is 31.2. The number of allylic oxidation sites excluding steroid dienone is 1. The maximum Gasteiger partial charge on any atom is 0.405 e. The summed E-state index contributed by atoms with van der Waals surface area (Å²) in [5, 5.41) is 16.1. The molecule has 276 valence electrons. The fourth-order valence-corrected chi connectivity index (χ4v) is 8.32. The standard InChI is InChI=1S/C34H42FN5O10S/c1-19-6-4-5-7-22-16-34(22,31(43)39-51(46,47)33(18-35)11-12-33)38-28(41)26-15-24(17-40(26)30(42)27(20(2)49-19)37-32(44)45)50-29-25-9-8-23(48-3)14-21(25)10-13-36-29/h5,7-10,13-14,19-20,22,24,26-27,37H,4,6,11-12,15-18H2,1-3H3,(H,38,41)(H,39,43)(H,44,45)/b7-5-/t19-,20+,22-,24-,26+,27+,34-/m1/s1. The lowest BCUT2D eigenvalue weighted by molar-refractivity contribution is -0.144. The molecule has 17 heteroatoms. The summed E-state index contributed by atoms with van der Waals surface area (Å²) in [5.41, 5.74) is -1.69. The molecule has 3 fully saturated rings. The number of nitrogens with one attached hydrogen (secondary N) is 3. The minimum absolute atomic E-state index is 0.0650. The van der Waals surface area contributed by atoms with Crippen LogP contribution >= 0.6 is 0 Å². The minimum Gasteiger partial charge on any atom is -0.497 e. The first-order valence-corrected chi connectivity index (χ1v) is 18.4. The summed E-state index contributed by atoms with van der Waals surface area (Å²) in [7, 11) is -2.85. The Morgan fingerprint density at radius 2 is 1.98 bits per heavy atom. The van der Waals surface area contributed by atoms with E-state index in [-0.39, 0.29) is 38.1 Å². The molecule has 0 unspecified atom stereocenters. The molecule has 4 aliphatic rings. The number of amides is 4. The van der Waals surface area contributed by atoms with Crippen LogP contribution in [-0.2, 0) is 29.1 Å². The molecule has 2 saturated carbocycles. The van der Waals surface area contributed by atoms with Gasteiger partial charge in [-0.15, -0.1) is 0 Å². The van der Waals surface area contributed by atoms with E-state index < -0.39 is 87.1 Å². The molecule has 51 heavy (non-hydrogen) atoms. The van der Waals surface area contributed by atoms with Crippen LogP contribution in [0.5, 0.6) is 11.6 Å². The molecule has 1 aromatic carbocycles. The largest absolute Gasteiger partial charge is 0.497 e. The number of methoxy groups -OCH3 is 1. The predicted molar refractivity (Wildman–Crippen MR) is 180 cm³/mol. The van der Waals surface area contributed by atoms with Gasteiger partial charge in [0.05, 0.1) is 25.9 Å². The number of alkyl halides is 1. The zero-order valence-corrected chi connectivity index (χ0v) is 29.3. The molecule has 2 aliphatic heterocycles. The zero-order chi connectivity index (χ0) is 36.7. The van der Waals surface area contributed by atoms with Crippen LogP contribution in [0.1, 0.15) is 52.4 Å². The second-order valence-electron chi connectivity index (χ2n) is 13.8. The average Bonchev–Trinajstić information content (AvgIpc) is 3.99. The fourth-order valence-electron chi connectivity index (χ4n) is 6.90. The Morgan fingerprint density at radius 3 is 2.67 bits per heavy atom. The number of carbonyl (C=O) groups is 4. The van der Waals surface area contributed by atoms with Crippen molar-refractivity contribution in [1.29, 1.82) is 0 Å². The number of pyridine rings is 1. The van der Waals surface area contributed by atoms with E-state index in [1.54, 1.807) is 63.6 Å². The van der Waals surface area contributed by atoms with Crippen molar-refractivity contribution in [1.82, 2.24) is 25.2 Å². The quantitative estimate of drug-likeness (QED) is 0.290. The van der Waals surface area contributed by atoms with Gasteiger partial charge >= 0.3 is 6.09 Å². The highest BCUT2D eigenvalue weighted by atomic mass is 32.2. The Kier molecular flexibility index (Phi) is 9.89. The van der Waals surface area contributed by atoms with E-state index in [1.807, 2.05) is 4.72 Å². The third-order valence-corrected chi connectivity index (χ3v) is 12.4. The van der Waals surface area contributed by atoms with Crippen LogP contribution in [0.3, 0.4) is 0 Å². The number of rotatable bonds is 8. The zero-order valence-electron chi connectivity index (χ0n) is 28.5. The van der Waals surface area contributed by atoms with Crippen molar-refractivity contribution in [2.75, 3.05) is 20.3 Å². The fraction of sp³-hybridized carbons (Fsp3) is 0.559. The molecule has 0 radical (unpaired) electrons. The SMILES string of the molecule is COc1ccc2c(O[C@@H]3C[C@H]4C(=O)N[C@]5(C(=O)NS(=O)(=O)C6(CF)CC6)C[C@H]5/C=C\CC[C@@H](C)O[C@@H](C)[C@H](NC(=O)O)C(=O)N4C3)nccc2c1. The van der Waals surface area contributed by atoms with Gasteiger partial charge in [-0.25, -0.2) is 22.6 Å². The molecule has 3 heterocycles. The Bertz CT molecular complexity index is 1860. The van der Waals surface area contributed by atoms with Crippen molar-refractivity contribution in [2.24, 2.45) is 5.92 Å². The van der Waals surface area contributed by atoms with Gasteiger partial charge in [0.1, 0.15) is 40.9 Å². The Balaban J connectivity index is 1.33. The molecule has 4 amide bonds. The number of fused-ring (bicyclic) bond motifs is 3. The highest BCUT2D eigenvalue weighted by Crippen LogP contribution is 2.48. The van der Waals surface area contributed by atoms with Gasteiger partial charge in [0, 0.05) is 23.9 Å². The molecule has 1 aromatic heterocycles. The highest BCUT2D eigenvalue weighted by Gasteiger charge is 2.64. The number of ether oxygens (including phenoxy) is 3. The van der Waals surface area contributed by atoms with Gasteiger partial charge in [0.15, 0.2) is 0 Å². The first-order chi connectivity index (χ1) is 24.2. The Hall–Kier alpha value is -4.51. The first-order valence-electron chi connectivity index (χ1n) is 16.9. The monoisotopic (exact) mass is 731 g/mol. The van der Waals surface area contributed by atoms with Gasteiger partial charge in [-0.2, -0.15) is 0 Å². The van der Waals surface area contributed by atoms with Crippen LogP contribution in [0.4, 0.5) is 9.18 Å². The third-order valence-electron chi connectivity index (χ3n) is 10.2. The Labute approximate surface area is 294 Å². The van der Waals surface area contributed by atoms with Gasteiger partial charge in [-0.05, 0) is 75.6 Å². The lowest BCUT2D eigenvalue weighted by atomic mass is 10.1. The van der Waals surface area contributed by atoms with Crippen LogP contribution < -0.4 is 24.8 Å². The van der Waals surface area contributed by atoms with E-state index in [1.165, 1.54) is 4.90 Å². The van der Waals surface area contributed by atoms with E-state index >= 15 is 0 Å². The summed E-state index contributed by atoms with van der Waals surface area (Å²) in [6.07, 6.45) is 2.54. The van der Waals surface area contributed by atoms with Crippen LogP contribution in [0.15, 0.2) is 42.6 Å². The number of hydrogen-bond donors (Lipinski definition) is 4. The second kappa shape index (κ2) is 13.9. The number of aromatic nitrogens is 1. The van der Waals surface area contributed by atoms with E-state index in [0.29, 0.717) is 24.0 Å². The maximum atomic E-state index is 14.2. The molecule has 1 saturated heterocycles. The minimum atomic E-state index is -4.40. The molecular formula is C34H42FN5O10S. The first kappa shape index (κ1) is 36.3. The number of hydrogen-bond acceptors (Lipinski definition) is 10. The number of benzene rings is 1. The molecule has 0 spiro atoms. The summed E-state index contributed by atoms with van der Waals surface area (Å²) in [5.74, 6) is -2.26. The lowest BCUT2D eigenvalue weighted by Gasteiger charge is -2.32. The summed E-state index contributed by atoms with van der Waals surface area (Å²) >= 11 is 0. The van der Waals surface area contributed by atoms with E-state index in [2.05, 4.69) is 15.6 Å². The highest BCUT2D eigenvalue weighted by molar-refractivity contribution is 7.91. The van der Waals surface area contributed by atoms with Crippen molar-refractivity contribution >= 4 is 44.6 Å². The van der Waals surface area contributed by atoms with Crippen LogP contribution in [0.2, 0.25) is 0 Å². The predicted octanol–water partition coefficient (Wildman–Crippen LogP) is 2.19. The molecule has 7 atom stereocenters. The van der Waals surface area contributed by atoms with E-state index in [0.717, 1.165) is 5.39 Å². The van der Waals surface area contributed by atoms with Gasteiger partial charge < -0.3 is 34.9 Å². The number of nitrogens with zero attached hydrogens (tertiary/aromatic N) is 2. The smallest absolute Gasteiger partial charge is 0.405 e. The van der Waals surface area contributed by atoms with E-state index in [4.69, 9.17) is 14.2 Å². The van der Waals surface area contributed by atoms with Crippen molar-refractivity contribution in [2.45, 2.75) is 93.1 Å². The van der Waals surface area contributed by atoms with Gasteiger partial charge in [-0.1, -0.05) is 12.2 Å². The van der Waals surface area contributed by atoms with Crippen LogP contribution in [0.25, 0.3) is 10.8 Å². The van der Waals surface area contributed by atoms with Crippen molar-refractivity contribution in [3.63, 3.8) is 0 Å². The number of sulfonamides is 1. The summed E-state index contributed by atoms with van der Waals surface area (Å²) in [4.78, 5) is 59.6. The topological polar surface area (TPSA) is 203 Å². The lowest BCUT2D eigenvalue weighted by Crippen LogP contribution is -2.60. The number of carboxylic acid groups (broad SMARTS) is 1. The molecule has 2 aromatic rings. The van der Waals surface area contributed by atoms with Crippen molar-refractivity contribution < 1.29 is 51.3 Å². The van der Waals surface area contributed by atoms with E-state index in [9.17, 15) is 37.1 Å². The molecule has 0 bridgehead atoms. The van der Waals surface area contributed by atoms with Crippen molar-refractivity contribution in [3.05, 3.63) is 42.6 Å². The maximum absolute atomic E-state index is 14.2. The molecule has 2 aliphatic carbocycles. The van der Waals surface area contributed by atoms with Crippen LogP contribution in [-0.4, -0.2) is 108 Å². The van der Waals surface area contributed by atoms with Crippen molar-refractivity contribution in [3.8, 4) is 11.6 Å². The molecule has 6 rings (SSSR count). The summed E-state index contributed by atoms with van der Waals surface area (Å²) in [6, 6.07) is 4.40. The second-order valence-corrected chi connectivity index (χ2v) is 15.9. The van der Waals surface area contributed by atoms with Crippen LogP contribution in [0, 0.1) is 5.92 Å². The molecular weight excluding hydrogens is 689 g/mol. The Morgan fingerprint density at radius 1 is 1.22 bits per heavy atom. The molecule has 4 N–H and O–H groups in total.